The Bertz CT molecular complexity index is 1170. The highest BCUT2D eigenvalue weighted by Crippen LogP contribution is 2.26. The standard InChI is InChI=1S/C29H36N4O2/c1-20(2)18-33(28(34)23-9-7-8-22(4)16-23)19-24-17-26(14-15-27(24)32(5)6)31-29(35)30-25-12-10-21(3)11-13-25/h7-17,20H,18-19H2,1-6H3,(H2,30,31,35). The van der Waals surface area contributed by atoms with Gasteiger partial charge in [-0.2, -0.15) is 0 Å². The van der Waals surface area contributed by atoms with Crippen LogP contribution in [0.3, 0.4) is 0 Å². The van der Waals surface area contributed by atoms with E-state index in [1.54, 1.807) is 0 Å². The molecule has 0 aromatic heterocycles. The van der Waals surface area contributed by atoms with Gasteiger partial charge >= 0.3 is 6.03 Å². The summed E-state index contributed by atoms with van der Waals surface area (Å²) in [6.45, 7) is 9.28. The van der Waals surface area contributed by atoms with E-state index >= 15 is 0 Å². The van der Waals surface area contributed by atoms with Gasteiger partial charge < -0.3 is 20.4 Å². The summed E-state index contributed by atoms with van der Waals surface area (Å²) < 4.78 is 0. The minimum atomic E-state index is -0.313. The number of hydrogen-bond acceptors (Lipinski definition) is 3. The number of rotatable bonds is 8. The maximum absolute atomic E-state index is 13.4. The van der Waals surface area contributed by atoms with Crippen molar-refractivity contribution < 1.29 is 9.59 Å². The predicted octanol–water partition coefficient (Wildman–Crippen LogP) is 6.31. The van der Waals surface area contributed by atoms with Crippen molar-refractivity contribution in [1.82, 2.24) is 4.90 Å². The molecule has 6 nitrogen and oxygen atoms in total. The van der Waals surface area contributed by atoms with Crippen LogP contribution in [0.4, 0.5) is 21.9 Å². The molecular weight excluding hydrogens is 436 g/mol. The topological polar surface area (TPSA) is 64.7 Å². The molecule has 6 heteroatoms. The van der Waals surface area contributed by atoms with Crippen LogP contribution in [0.25, 0.3) is 0 Å². The van der Waals surface area contributed by atoms with E-state index in [0.29, 0.717) is 30.3 Å². The smallest absolute Gasteiger partial charge is 0.323 e. The fourth-order valence-corrected chi connectivity index (χ4v) is 3.98. The Morgan fingerprint density at radius 1 is 0.829 bits per heavy atom. The van der Waals surface area contributed by atoms with E-state index in [2.05, 4.69) is 24.5 Å². The minimum absolute atomic E-state index is 0.00239. The Balaban J connectivity index is 1.84. The van der Waals surface area contributed by atoms with Crippen LogP contribution in [-0.4, -0.2) is 37.5 Å². The zero-order valence-electron chi connectivity index (χ0n) is 21.6. The molecule has 0 fully saturated rings. The average molecular weight is 473 g/mol. The second kappa shape index (κ2) is 11.6. The summed E-state index contributed by atoms with van der Waals surface area (Å²) >= 11 is 0. The largest absolute Gasteiger partial charge is 0.377 e. The second-order valence-corrected chi connectivity index (χ2v) is 9.63. The first-order chi connectivity index (χ1) is 16.6. The number of carbonyl (C=O) groups is 2. The Hall–Kier alpha value is -3.80. The van der Waals surface area contributed by atoms with Gasteiger partial charge in [-0.05, 0) is 67.8 Å². The third-order valence-corrected chi connectivity index (χ3v) is 5.63. The van der Waals surface area contributed by atoms with Gasteiger partial charge in [0.05, 0.1) is 0 Å². The number of nitrogens with one attached hydrogen (secondary N) is 2. The van der Waals surface area contributed by atoms with Crippen LogP contribution in [-0.2, 0) is 6.54 Å². The molecule has 0 saturated carbocycles. The Labute approximate surface area is 209 Å². The number of benzene rings is 3. The van der Waals surface area contributed by atoms with Gasteiger partial charge in [0.25, 0.3) is 5.91 Å². The van der Waals surface area contributed by atoms with Gasteiger partial charge in [0, 0.05) is 49.8 Å². The van der Waals surface area contributed by atoms with Crippen molar-refractivity contribution in [2.45, 2.75) is 34.2 Å². The highest BCUT2D eigenvalue weighted by atomic mass is 16.2. The van der Waals surface area contributed by atoms with Crippen LogP contribution >= 0.6 is 0 Å². The van der Waals surface area contributed by atoms with Crippen LogP contribution in [0.2, 0.25) is 0 Å². The number of anilines is 3. The lowest BCUT2D eigenvalue weighted by atomic mass is 10.1. The lowest BCUT2D eigenvalue weighted by Crippen LogP contribution is -2.34. The van der Waals surface area contributed by atoms with Gasteiger partial charge in [0.2, 0.25) is 0 Å². The van der Waals surface area contributed by atoms with Gasteiger partial charge in [0.1, 0.15) is 0 Å². The zero-order valence-corrected chi connectivity index (χ0v) is 21.6. The van der Waals surface area contributed by atoms with E-state index in [0.717, 1.165) is 28.1 Å². The summed E-state index contributed by atoms with van der Waals surface area (Å²) in [7, 11) is 3.95. The van der Waals surface area contributed by atoms with E-state index in [-0.39, 0.29) is 11.9 Å². The van der Waals surface area contributed by atoms with Crippen molar-refractivity contribution in [1.29, 1.82) is 0 Å². The number of nitrogens with zero attached hydrogens (tertiary/aromatic N) is 2. The van der Waals surface area contributed by atoms with Crippen molar-refractivity contribution in [3.05, 3.63) is 89.0 Å². The number of aryl methyl sites for hydroxylation is 2. The quantitative estimate of drug-likeness (QED) is 0.404. The van der Waals surface area contributed by atoms with E-state index < -0.39 is 0 Å². The summed E-state index contributed by atoms with van der Waals surface area (Å²) in [6.07, 6.45) is 0. The lowest BCUT2D eigenvalue weighted by molar-refractivity contribution is 0.0723. The highest BCUT2D eigenvalue weighted by molar-refractivity contribution is 6.00. The minimum Gasteiger partial charge on any atom is -0.377 e. The molecule has 0 radical (unpaired) electrons. The van der Waals surface area contributed by atoms with Gasteiger partial charge in [-0.3, -0.25) is 4.79 Å². The third kappa shape index (κ3) is 7.34. The fraction of sp³-hybridized carbons (Fsp3) is 0.310. The first-order valence-electron chi connectivity index (χ1n) is 11.9. The number of carbonyl (C=O) groups excluding carboxylic acids is 2. The van der Waals surface area contributed by atoms with Gasteiger partial charge in [-0.25, -0.2) is 4.79 Å². The first-order valence-corrected chi connectivity index (χ1v) is 11.9. The Kier molecular flexibility index (Phi) is 8.53. The molecule has 0 unspecified atom stereocenters. The number of hydrogen-bond donors (Lipinski definition) is 2. The SMILES string of the molecule is Cc1ccc(NC(=O)Nc2ccc(N(C)C)c(CN(CC(C)C)C(=O)c3cccc(C)c3)c2)cc1. The molecule has 184 valence electrons. The molecule has 3 aromatic carbocycles. The summed E-state index contributed by atoms with van der Waals surface area (Å²) in [5.41, 5.74) is 6.23. The van der Waals surface area contributed by atoms with E-state index in [1.807, 2.05) is 104 Å². The van der Waals surface area contributed by atoms with Crippen molar-refractivity contribution in [2.75, 3.05) is 36.2 Å². The normalized spacial score (nSPS) is 10.7. The lowest BCUT2D eigenvalue weighted by Gasteiger charge is -2.28. The Morgan fingerprint density at radius 2 is 1.49 bits per heavy atom. The van der Waals surface area contributed by atoms with Crippen LogP contribution < -0.4 is 15.5 Å². The van der Waals surface area contributed by atoms with Crippen molar-refractivity contribution in [3.8, 4) is 0 Å². The van der Waals surface area contributed by atoms with Crippen molar-refractivity contribution in [3.63, 3.8) is 0 Å². The molecule has 2 N–H and O–H groups in total. The van der Waals surface area contributed by atoms with Crippen LogP contribution in [0.5, 0.6) is 0 Å². The molecule has 0 atom stereocenters. The number of urea groups is 1. The molecule has 0 saturated heterocycles. The summed E-state index contributed by atoms with van der Waals surface area (Å²) in [5.74, 6) is 0.316. The molecule has 0 aliphatic rings. The molecule has 35 heavy (non-hydrogen) atoms. The van der Waals surface area contributed by atoms with Gasteiger partial charge in [-0.1, -0.05) is 49.2 Å². The van der Waals surface area contributed by atoms with Gasteiger partial charge in [0.15, 0.2) is 0 Å². The van der Waals surface area contributed by atoms with E-state index in [9.17, 15) is 9.59 Å². The maximum atomic E-state index is 13.4. The Morgan fingerprint density at radius 3 is 2.11 bits per heavy atom. The highest BCUT2D eigenvalue weighted by Gasteiger charge is 2.20. The van der Waals surface area contributed by atoms with Gasteiger partial charge in [-0.15, -0.1) is 0 Å². The molecule has 0 bridgehead atoms. The second-order valence-electron chi connectivity index (χ2n) is 9.63. The number of amides is 3. The summed E-state index contributed by atoms with van der Waals surface area (Å²) in [4.78, 5) is 29.9. The molecule has 3 amide bonds. The molecule has 3 aromatic rings. The fourth-order valence-electron chi connectivity index (χ4n) is 3.98. The van der Waals surface area contributed by atoms with Crippen LogP contribution in [0, 0.1) is 19.8 Å². The van der Waals surface area contributed by atoms with Crippen molar-refractivity contribution >= 4 is 29.0 Å². The average Bonchev–Trinajstić information content (AvgIpc) is 2.79. The van der Waals surface area contributed by atoms with E-state index in [1.165, 1.54) is 0 Å². The zero-order chi connectivity index (χ0) is 25.5. The molecule has 0 spiro atoms. The predicted molar refractivity (Wildman–Crippen MR) is 145 cm³/mol. The summed E-state index contributed by atoms with van der Waals surface area (Å²) in [6, 6.07) is 20.8. The first kappa shape index (κ1) is 25.8. The molecule has 0 aliphatic heterocycles. The molecular formula is C29H36N4O2. The van der Waals surface area contributed by atoms with Crippen LogP contribution in [0.15, 0.2) is 66.7 Å². The molecule has 0 aliphatic carbocycles. The van der Waals surface area contributed by atoms with Crippen molar-refractivity contribution in [2.24, 2.45) is 5.92 Å². The monoisotopic (exact) mass is 472 g/mol. The third-order valence-electron chi connectivity index (χ3n) is 5.63. The molecule has 0 heterocycles. The summed E-state index contributed by atoms with van der Waals surface area (Å²) in [5, 5.41) is 5.78. The van der Waals surface area contributed by atoms with Crippen LogP contribution in [0.1, 0.15) is 40.9 Å². The molecule has 3 rings (SSSR count). The van der Waals surface area contributed by atoms with E-state index in [4.69, 9.17) is 0 Å². The maximum Gasteiger partial charge on any atom is 0.323 e.